The standard InChI is InChI=1S/C22H20BrN5O5S.C18H18BrN5O4S2/c1-13-3-4-14(21(29)28-12-17-8-18(28)22(30)33-17)7-19(13)34(31,32)26(2)25-10-16-9-24-20-6-5-15(23)11-27(16)20;1-4-29(25,26)22-15-7-5-13(2)17(9-15)30(27,28)23(3)21-11-16-10-20-18-8-6-14(19)12-24(16)18/h3-7,9-11,17-18H,8,12H2,1-2H3;4-12,22H,1H2,2-3H3/b25-10+;21-11+/t17-,18-;/m1./s1. The molecule has 2 fully saturated rings. The van der Waals surface area contributed by atoms with E-state index in [2.05, 4.69) is 63.3 Å². The fourth-order valence-electron chi connectivity index (χ4n) is 6.73. The van der Waals surface area contributed by atoms with Crippen molar-refractivity contribution in [2.24, 2.45) is 10.2 Å². The highest BCUT2D eigenvalue weighted by Crippen LogP contribution is 2.31. The number of rotatable bonds is 12. The number of esters is 1. The zero-order valence-electron chi connectivity index (χ0n) is 34.3. The Balaban J connectivity index is 0.000000193. The van der Waals surface area contributed by atoms with E-state index in [1.165, 1.54) is 55.7 Å². The van der Waals surface area contributed by atoms with Crippen LogP contribution in [0, 0.1) is 13.8 Å². The zero-order chi connectivity index (χ0) is 46.3. The fraction of sp³-hybridized carbons (Fsp3) is 0.200. The molecule has 0 saturated carbocycles. The van der Waals surface area contributed by atoms with Crippen LogP contribution in [-0.2, 0) is 39.6 Å². The van der Waals surface area contributed by atoms with E-state index in [1.807, 2.05) is 18.2 Å². The molecule has 334 valence electrons. The Labute approximate surface area is 385 Å². The summed E-state index contributed by atoms with van der Waals surface area (Å²) in [4.78, 5) is 34.8. The molecule has 24 heteroatoms. The molecule has 1 N–H and O–H groups in total. The Bertz CT molecular complexity index is 3270. The van der Waals surface area contributed by atoms with Crippen molar-refractivity contribution in [3.05, 3.63) is 134 Å². The molecule has 2 saturated heterocycles. The predicted molar refractivity (Wildman–Crippen MR) is 245 cm³/mol. The van der Waals surface area contributed by atoms with Gasteiger partial charge in [-0.3, -0.25) is 18.3 Å². The number of benzene rings is 2. The van der Waals surface area contributed by atoms with Gasteiger partial charge in [0.1, 0.15) is 23.4 Å². The van der Waals surface area contributed by atoms with Crippen molar-refractivity contribution in [2.75, 3.05) is 25.4 Å². The van der Waals surface area contributed by atoms with E-state index in [-0.39, 0.29) is 27.1 Å². The van der Waals surface area contributed by atoms with E-state index in [0.717, 1.165) is 23.2 Å². The molecule has 6 heterocycles. The summed E-state index contributed by atoms with van der Waals surface area (Å²) in [5.41, 5.74) is 3.75. The molecule has 1 amide bonds. The molecule has 2 aliphatic rings. The average molecular weight is 1060 g/mol. The monoisotopic (exact) mass is 1060 g/mol. The summed E-state index contributed by atoms with van der Waals surface area (Å²) in [5, 5.41) is 8.90. The van der Waals surface area contributed by atoms with E-state index in [4.69, 9.17) is 4.74 Å². The van der Waals surface area contributed by atoms with Gasteiger partial charge in [0, 0.05) is 52.8 Å². The maximum absolute atomic E-state index is 13.3. The zero-order valence-corrected chi connectivity index (χ0v) is 39.9. The van der Waals surface area contributed by atoms with Crippen molar-refractivity contribution in [1.82, 2.24) is 32.5 Å². The fourth-order valence-corrected chi connectivity index (χ4v) is 10.4. The third kappa shape index (κ3) is 9.45. The number of halogens is 2. The van der Waals surface area contributed by atoms with Gasteiger partial charge in [-0.2, -0.15) is 35.9 Å². The highest BCUT2D eigenvalue weighted by molar-refractivity contribution is 9.10. The van der Waals surface area contributed by atoms with Gasteiger partial charge >= 0.3 is 5.97 Å². The lowest BCUT2D eigenvalue weighted by Gasteiger charge is -2.26. The molecule has 0 unspecified atom stereocenters. The summed E-state index contributed by atoms with van der Waals surface area (Å²) < 4.78 is 90.2. The number of fused-ring (bicyclic) bond motifs is 4. The van der Waals surface area contributed by atoms with Crippen LogP contribution in [0.1, 0.15) is 39.3 Å². The van der Waals surface area contributed by atoms with Gasteiger partial charge in [0.05, 0.1) is 58.2 Å². The summed E-state index contributed by atoms with van der Waals surface area (Å²) in [6.07, 6.45) is 9.71. The van der Waals surface area contributed by atoms with Crippen LogP contribution in [-0.4, -0.2) is 115 Å². The number of imidazole rings is 2. The first kappa shape index (κ1) is 46.1. The SMILES string of the molecule is C=CS(=O)(=O)Nc1ccc(C)c(S(=O)(=O)N(C)/N=C/c2cnc3ccc(Br)cn23)c1.Cc1ccc(C(=O)N2C[C@H]3C[C@@H]2C(=O)O3)cc1S(=O)(=O)N(C)/N=C/c1cnc2ccc(Br)cn12. The molecule has 0 spiro atoms. The highest BCUT2D eigenvalue weighted by atomic mass is 79.9. The smallest absolute Gasteiger partial charge is 0.329 e. The summed E-state index contributed by atoms with van der Waals surface area (Å²) >= 11 is 6.78. The number of pyridine rings is 2. The molecule has 2 bridgehead atoms. The van der Waals surface area contributed by atoms with Crippen LogP contribution in [0.25, 0.3) is 11.3 Å². The molecule has 0 radical (unpaired) electrons. The normalized spacial score (nSPS) is 16.3. The van der Waals surface area contributed by atoms with Crippen molar-refractivity contribution in [3.8, 4) is 0 Å². The van der Waals surface area contributed by atoms with Crippen LogP contribution in [0.5, 0.6) is 0 Å². The van der Waals surface area contributed by atoms with Gasteiger partial charge in [0.25, 0.3) is 36.0 Å². The van der Waals surface area contributed by atoms with Gasteiger partial charge in [-0.05, 0) is 105 Å². The van der Waals surface area contributed by atoms with Gasteiger partial charge in [-0.1, -0.05) is 18.7 Å². The predicted octanol–water partition coefficient (Wildman–Crippen LogP) is 5.14. The molecule has 19 nitrogen and oxygen atoms in total. The second-order valence-corrected chi connectivity index (χ2v) is 21.7. The lowest BCUT2D eigenvalue weighted by molar-refractivity contribution is -0.149. The van der Waals surface area contributed by atoms with Crippen molar-refractivity contribution in [1.29, 1.82) is 0 Å². The molecule has 2 aromatic carbocycles. The van der Waals surface area contributed by atoms with Crippen LogP contribution in [0.15, 0.2) is 126 Å². The van der Waals surface area contributed by atoms with Crippen molar-refractivity contribution in [3.63, 3.8) is 0 Å². The Morgan fingerprint density at radius 3 is 1.83 bits per heavy atom. The maximum Gasteiger partial charge on any atom is 0.329 e. The molecule has 2 atom stereocenters. The number of aryl methyl sites for hydroxylation is 2. The van der Waals surface area contributed by atoms with Crippen LogP contribution in [0.2, 0.25) is 0 Å². The number of carbonyl (C=O) groups is 2. The number of likely N-dealkylation sites (tertiary alicyclic amines) is 1. The number of ether oxygens (including phenoxy) is 1. The average Bonchev–Trinajstić information content (AvgIpc) is 4.05. The van der Waals surface area contributed by atoms with Gasteiger partial charge < -0.3 is 9.64 Å². The van der Waals surface area contributed by atoms with Crippen LogP contribution >= 0.6 is 31.9 Å². The number of hydrogen-bond acceptors (Lipinski definition) is 13. The summed E-state index contributed by atoms with van der Waals surface area (Å²) in [7, 11) is -9.23. The molecule has 2 aliphatic heterocycles. The van der Waals surface area contributed by atoms with Gasteiger partial charge in [-0.25, -0.2) is 23.2 Å². The maximum atomic E-state index is 13.3. The number of morpholine rings is 1. The Morgan fingerprint density at radius 1 is 0.812 bits per heavy atom. The van der Waals surface area contributed by atoms with Crippen molar-refractivity contribution in [2.45, 2.75) is 42.2 Å². The molecule has 0 aliphatic carbocycles. The van der Waals surface area contributed by atoms with Gasteiger partial charge in [-0.15, -0.1) is 0 Å². The van der Waals surface area contributed by atoms with E-state index in [1.54, 1.807) is 65.6 Å². The minimum absolute atomic E-state index is 0.0363. The van der Waals surface area contributed by atoms with E-state index < -0.39 is 48.0 Å². The molecular weight excluding hydrogens is 1020 g/mol. The second-order valence-electron chi connectivity index (χ2n) is 14.4. The second kappa shape index (κ2) is 17.9. The Hall–Kier alpha value is -5.95. The number of aromatic nitrogens is 4. The number of carbonyl (C=O) groups excluding carboxylic acids is 2. The van der Waals surface area contributed by atoms with Gasteiger partial charge in [0.15, 0.2) is 0 Å². The third-order valence-corrected chi connectivity index (χ3v) is 15.6. The minimum Gasteiger partial charge on any atom is -0.459 e. The van der Waals surface area contributed by atoms with Crippen LogP contribution in [0.3, 0.4) is 0 Å². The van der Waals surface area contributed by atoms with Crippen molar-refractivity contribution >= 4 is 103 Å². The van der Waals surface area contributed by atoms with Crippen LogP contribution < -0.4 is 4.72 Å². The first-order valence-corrected chi connectivity index (χ1v) is 24.9. The number of nitrogens with one attached hydrogen (secondary N) is 1. The molecule has 8 rings (SSSR count). The molecule has 6 aromatic rings. The van der Waals surface area contributed by atoms with E-state index in [9.17, 15) is 34.8 Å². The lowest BCUT2D eigenvalue weighted by atomic mass is 10.1. The third-order valence-electron chi connectivity index (χ3n) is 10.1. The Morgan fingerprint density at radius 2 is 1.33 bits per heavy atom. The number of hydrogen-bond donors (Lipinski definition) is 1. The number of nitrogens with zero attached hydrogens (tertiary/aromatic N) is 9. The Kier molecular flexibility index (Phi) is 12.9. The largest absolute Gasteiger partial charge is 0.459 e. The topological polar surface area (TPSA) is 227 Å². The first-order valence-electron chi connectivity index (χ1n) is 18.9. The molecule has 64 heavy (non-hydrogen) atoms. The molecular formula is C40H38Br2N10O9S3. The van der Waals surface area contributed by atoms with Gasteiger partial charge in [0.2, 0.25) is 0 Å². The van der Waals surface area contributed by atoms with E-state index >= 15 is 0 Å². The molecule has 4 aromatic heterocycles. The first-order chi connectivity index (χ1) is 30.2. The van der Waals surface area contributed by atoms with E-state index in [0.29, 0.717) is 46.8 Å². The highest BCUT2D eigenvalue weighted by Gasteiger charge is 2.48. The number of hydrazone groups is 2. The summed E-state index contributed by atoms with van der Waals surface area (Å²) in [5.74, 6) is -0.818. The quantitative estimate of drug-likeness (QED) is 0.0959. The van der Waals surface area contributed by atoms with Crippen LogP contribution in [0.4, 0.5) is 5.69 Å². The van der Waals surface area contributed by atoms with Crippen molar-refractivity contribution < 1.29 is 39.6 Å². The number of anilines is 1. The number of amides is 1. The minimum atomic E-state index is -4.05. The number of sulfonamides is 3. The summed E-state index contributed by atoms with van der Waals surface area (Å²) in [6, 6.07) is 15.4. The summed E-state index contributed by atoms with van der Waals surface area (Å²) in [6.45, 7) is 6.78. The lowest BCUT2D eigenvalue weighted by Crippen LogP contribution is -2.44.